The lowest BCUT2D eigenvalue weighted by atomic mass is 10.2. The number of nitrogens with zero attached hydrogens (tertiary/aromatic N) is 1. The highest BCUT2D eigenvalue weighted by molar-refractivity contribution is 7.99. The summed E-state index contributed by atoms with van der Waals surface area (Å²) in [5.41, 5.74) is 0.931. The molecule has 1 unspecified atom stereocenters. The maximum atomic E-state index is 9.28. The Hall–Kier alpha value is -0.540. The molecule has 0 bridgehead atoms. The Morgan fingerprint density at radius 1 is 1.67 bits per heavy atom. The predicted molar refractivity (Wildman–Crippen MR) is 51.3 cm³/mol. The van der Waals surface area contributed by atoms with Crippen LogP contribution in [0.5, 0.6) is 0 Å². The summed E-state index contributed by atoms with van der Waals surface area (Å²) in [4.78, 5) is 4.16. The predicted octanol–water partition coefficient (Wildman–Crippen LogP) is 2.25. The first-order valence-electron chi connectivity index (χ1n) is 4.01. The summed E-state index contributed by atoms with van der Waals surface area (Å²) in [5, 5.41) is 10.3. The van der Waals surface area contributed by atoms with Crippen LogP contribution in [0.3, 0.4) is 0 Å². The van der Waals surface area contributed by atoms with Gasteiger partial charge in [0.1, 0.15) is 0 Å². The van der Waals surface area contributed by atoms with Gasteiger partial charge in [0.05, 0.1) is 11.1 Å². The van der Waals surface area contributed by atoms with Crippen LogP contribution in [-0.2, 0) is 0 Å². The van der Waals surface area contributed by atoms with Crippen LogP contribution in [0.15, 0.2) is 23.4 Å². The summed E-state index contributed by atoms with van der Waals surface area (Å²) in [6, 6.07) is 3.77. The second-order valence-corrected chi connectivity index (χ2v) is 3.82. The van der Waals surface area contributed by atoms with Crippen molar-refractivity contribution in [1.29, 1.82) is 0 Å². The van der Waals surface area contributed by atoms with Gasteiger partial charge in [-0.15, -0.1) is 11.8 Å². The molecule has 3 heteroatoms. The first kappa shape index (κ1) is 9.55. The number of rotatable bonds is 3. The lowest BCUT2D eigenvalue weighted by molar-refractivity contribution is 0.199. The van der Waals surface area contributed by atoms with Gasteiger partial charge in [0.2, 0.25) is 0 Å². The number of aliphatic hydroxyl groups excluding tert-OH is 1. The van der Waals surface area contributed by atoms with Gasteiger partial charge < -0.3 is 5.11 Å². The van der Waals surface area contributed by atoms with Crippen LogP contribution in [0.2, 0.25) is 0 Å². The first-order valence-corrected chi connectivity index (χ1v) is 4.99. The third kappa shape index (κ3) is 2.50. The van der Waals surface area contributed by atoms with Crippen molar-refractivity contribution in [1.82, 2.24) is 4.98 Å². The van der Waals surface area contributed by atoms with E-state index in [1.54, 1.807) is 24.9 Å². The molecule has 0 aliphatic heterocycles. The Morgan fingerprint density at radius 3 is 3.00 bits per heavy atom. The van der Waals surface area contributed by atoms with Crippen molar-refractivity contribution in [3.05, 3.63) is 23.9 Å². The monoisotopic (exact) mass is 183 g/mol. The van der Waals surface area contributed by atoms with E-state index in [0.29, 0.717) is 0 Å². The van der Waals surface area contributed by atoms with Crippen LogP contribution < -0.4 is 0 Å². The SMILES string of the molecule is CCSc1cc(C(C)O)ccn1. The van der Waals surface area contributed by atoms with E-state index >= 15 is 0 Å². The van der Waals surface area contributed by atoms with Crippen molar-refractivity contribution in [2.24, 2.45) is 0 Å². The van der Waals surface area contributed by atoms with Gasteiger partial charge in [-0.2, -0.15) is 0 Å². The van der Waals surface area contributed by atoms with Gasteiger partial charge in [-0.3, -0.25) is 0 Å². The molecule has 1 aromatic heterocycles. The van der Waals surface area contributed by atoms with Crippen LogP contribution in [0.1, 0.15) is 25.5 Å². The van der Waals surface area contributed by atoms with Gasteiger partial charge in [0, 0.05) is 6.20 Å². The Morgan fingerprint density at radius 2 is 2.42 bits per heavy atom. The second kappa shape index (κ2) is 4.48. The van der Waals surface area contributed by atoms with Crippen molar-refractivity contribution < 1.29 is 5.11 Å². The molecule has 0 radical (unpaired) electrons. The third-order valence-corrected chi connectivity index (χ3v) is 2.34. The zero-order chi connectivity index (χ0) is 8.97. The maximum absolute atomic E-state index is 9.28. The van der Waals surface area contributed by atoms with Crippen LogP contribution in [0.25, 0.3) is 0 Å². The van der Waals surface area contributed by atoms with Crippen LogP contribution >= 0.6 is 11.8 Å². The number of pyridine rings is 1. The lowest BCUT2D eigenvalue weighted by Crippen LogP contribution is -1.92. The summed E-state index contributed by atoms with van der Waals surface area (Å²) in [6.07, 6.45) is 1.34. The molecule has 12 heavy (non-hydrogen) atoms. The molecule has 1 N–H and O–H groups in total. The average molecular weight is 183 g/mol. The van der Waals surface area contributed by atoms with E-state index in [1.807, 2.05) is 12.1 Å². The fourth-order valence-electron chi connectivity index (χ4n) is 0.911. The van der Waals surface area contributed by atoms with Gasteiger partial charge in [-0.1, -0.05) is 6.92 Å². The number of hydrogen-bond donors (Lipinski definition) is 1. The molecule has 0 fully saturated rings. The van der Waals surface area contributed by atoms with Crippen LogP contribution in [0, 0.1) is 0 Å². The van der Waals surface area contributed by atoms with Gasteiger partial charge in [0.25, 0.3) is 0 Å². The summed E-state index contributed by atoms with van der Waals surface area (Å²) in [5.74, 6) is 1.01. The molecule has 66 valence electrons. The molecule has 0 aliphatic carbocycles. The van der Waals surface area contributed by atoms with Crippen LogP contribution in [-0.4, -0.2) is 15.8 Å². The standard InChI is InChI=1S/C9H13NOS/c1-3-12-9-6-8(7(2)11)4-5-10-9/h4-7,11H,3H2,1-2H3. The molecule has 1 rings (SSSR count). The second-order valence-electron chi connectivity index (χ2n) is 2.54. The number of aromatic nitrogens is 1. The number of aliphatic hydroxyl groups is 1. The summed E-state index contributed by atoms with van der Waals surface area (Å²) in [6.45, 7) is 3.84. The Labute approximate surface area is 77.0 Å². The van der Waals surface area contributed by atoms with E-state index < -0.39 is 6.10 Å². The molecule has 1 heterocycles. The Bertz CT molecular complexity index is 250. The highest BCUT2D eigenvalue weighted by atomic mass is 32.2. The minimum atomic E-state index is -0.399. The number of hydrogen-bond acceptors (Lipinski definition) is 3. The Kier molecular flexibility index (Phi) is 3.56. The molecule has 2 nitrogen and oxygen atoms in total. The Balaban J connectivity index is 2.81. The van der Waals surface area contributed by atoms with E-state index in [9.17, 15) is 5.11 Å². The minimum Gasteiger partial charge on any atom is -0.389 e. The van der Waals surface area contributed by atoms with E-state index in [1.165, 1.54) is 0 Å². The van der Waals surface area contributed by atoms with E-state index in [0.717, 1.165) is 16.3 Å². The largest absolute Gasteiger partial charge is 0.389 e. The average Bonchev–Trinajstić information content (AvgIpc) is 2.05. The molecular formula is C9H13NOS. The van der Waals surface area contributed by atoms with Crippen molar-refractivity contribution in [2.75, 3.05) is 5.75 Å². The molecule has 0 saturated heterocycles. The molecule has 0 amide bonds. The topological polar surface area (TPSA) is 33.1 Å². The summed E-state index contributed by atoms with van der Waals surface area (Å²) < 4.78 is 0. The highest BCUT2D eigenvalue weighted by Gasteiger charge is 2.01. The zero-order valence-corrected chi connectivity index (χ0v) is 8.14. The van der Waals surface area contributed by atoms with E-state index in [4.69, 9.17) is 0 Å². The first-order chi connectivity index (χ1) is 5.74. The molecule has 1 atom stereocenters. The van der Waals surface area contributed by atoms with Gasteiger partial charge in [-0.25, -0.2) is 4.98 Å². The lowest BCUT2D eigenvalue weighted by Gasteiger charge is -2.05. The highest BCUT2D eigenvalue weighted by Crippen LogP contribution is 2.19. The minimum absolute atomic E-state index is 0.399. The fourth-order valence-corrected chi connectivity index (χ4v) is 1.56. The maximum Gasteiger partial charge on any atom is 0.0963 e. The molecule has 0 aromatic carbocycles. The van der Waals surface area contributed by atoms with E-state index in [-0.39, 0.29) is 0 Å². The zero-order valence-electron chi connectivity index (χ0n) is 7.32. The van der Waals surface area contributed by atoms with Gasteiger partial charge in [0.15, 0.2) is 0 Å². The van der Waals surface area contributed by atoms with Crippen LogP contribution in [0.4, 0.5) is 0 Å². The normalized spacial score (nSPS) is 12.9. The fraction of sp³-hybridized carbons (Fsp3) is 0.444. The molecular weight excluding hydrogens is 170 g/mol. The third-order valence-electron chi connectivity index (χ3n) is 1.53. The molecule has 1 aromatic rings. The number of thioether (sulfide) groups is 1. The van der Waals surface area contributed by atoms with Crippen molar-refractivity contribution >= 4 is 11.8 Å². The molecule has 0 spiro atoms. The summed E-state index contributed by atoms with van der Waals surface area (Å²) in [7, 11) is 0. The summed E-state index contributed by atoms with van der Waals surface area (Å²) >= 11 is 1.68. The van der Waals surface area contributed by atoms with Crippen molar-refractivity contribution in [3.63, 3.8) is 0 Å². The van der Waals surface area contributed by atoms with Gasteiger partial charge in [-0.05, 0) is 30.4 Å². The van der Waals surface area contributed by atoms with Gasteiger partial charge >= 0.3 is 0 Å². The molecule has 0 aliphatic rings. The smallest absolute Gasteiger partial charge is 0.0963 e. The quantitative estimate of drug-likeness (QED) is 0.730. The molecule has 0 saturated carbocycles. The van der Waals surface area contributed by atoms with Crippen molar-refractivity contribution in [2.45, 2.75) is 25.0 Å². The van der Waals surface area contributed by atoms with Crippen molar-refractivity contribution in [3.8, 4) is 0 Å². The van der Waals surface area contributed by atoms with E-state index in [2.05, 4.69) is 11.9 Å².